The van der Waals surface area contributed by atoms with Gasteiger partial charge in [-0.05, 0) is 46.3 Å². The van der Waals surface area contributed by atoms with E-state index in [1.54, 1.807) is 24.3 Å². The van der Waals surface area contributed by atoms with Crippen molar-refractivity contribution >= 4 is 27.5 Å². The molecule has 0 saturated heterocycles. The van der Waals surface area contributed by atoms with Gasteiger partial charge in [0.1, 0.15) is 22.9 Å². The van der Waals surface area contributed by atoms with Crippen LogP contribution in [0.15, 0.2) is 40.9 Å². The minimum atomic E-state index is -0.459. The summed E-state index contributed by atoms with van der Waals surface area (Å²) < 4.78 is 24.1. The van der Waals surface area contributed by atoms with Crippen LogP contribution in [0.1, 0.15) is 10.4 Å². The Kier molecular flexibility index (Phi) is 4.80. The maximum atomic E-state index is 13.5. The number of hydrogen-bond acceptors (Lipinski definition) is 3. The highest BCUT2D eigenvalue weighted by Gasteiger charge is 2.18. The lowest BCUT2D eigenvalue weighted by molar-refractivity contribution is 0.102. The van der Waals surface area contributed by atoms with E-state index in [2.05, 4.69) is 21.2 Å². The van der Waals surface area contributed by atoms with Crippen molar-refractivity contribution in [2.45, 2.75) is 0 Å². The number of anilines is 1. The first kappa shape index (κ1) is 15.3. The first-order chi connectivity index (χ1) is 10.1. The molecule has 0 spiro atoms. The van der Waals surface area contributed by atoms with Gasteiger partial charge < -0.3 is 14.8 Å². The summed E-state index contributed by atoms with van der Waals surface area (Å²) in [6.07, 6.45) is 0. The Hall–Kier alpha value is -2.08. The molecule has 0 aliphatic carbocycles. The fourth-order valence-electron chi connectivity index (χ4n) is 1.84. The molecule has 110 valence electrons. The molecule has 0 aliphatic rings. The van der Waals surface area contributed by atoms with Crippen LogP contribution in [-0.2, 0) is 0 Å². The predicted octanol–water partition coefficient (Wildman–Crippen LogP) is 3.86. The number of nitrogens with one attached hydrogen (secondary N) is 1. The number of benzene rings is 2. The molecule has 0 bridgehead atoms. The van der Waals surface area contributed by atoms with Gasteiger partial charge in [-0.25, -0.2) is 4.39 Å². The van der Waals surface area contributed by atoms with E-state index in [0.29, 0.717) is 21.7 Å². The molecule has 0 radical (unpaired) electrons. The maximum Gasteiger partial charge on any atom is 0.263 e. The number of hydrogen-bond donors (Lipinski definition) is 1. The summed E-state index contributed by atoms with van der Waals surface area (Å²) in [5, 5.41) is 2.62. The van der Waals surface area contributed by atoms with Gasteiger partial charge in [-0.15, -0.1) is 0 Å². The highest BCUT2D eigenvalue weighted by molar-refractivity contribution is 9.10. The van der Waals surface area contributed by atoms with E-state index in [4.69, 9.17) is 9.47 Å². The second kappa shape index (κ2) is 6.58. The molecule has 2 rings (SSSR count). The average Bonchev–Trinajstić information content (AvgIpc) is 2.49. The van der Waals surface area contributed by atoms with Crippen LogP contribution in [0.5, 0.6) is 11.5 Å². The summed E-state index contributed by atoms with van der Waals surface area (Å²) in [6.45, 7) is 0. The maximum absolute atomic E-state index is 13.5. The zero-order valence-electron chi connectivity index (χ0n) is 11.4. The van der Waals surface area contributed by atoms with Gasteiger partial charge in [0.05, 0.1) is 18.7 Å². The fourth-order valence-corrected chi connectivity index (χ4v) is 2.09. The highest BCUT2D eigenvalue weighted by Crippen LogP contribution is 2.29. The molecule has 21 heavy (non-hydrogen) atoms. The standard InChI is InChI=1S/C15H13BrFNO3/c1-20-12-4-3-5-13(21-2)14(12)15(19)18-9-6-7-10(16)11(17)8-9/h3-8H,1-2H3,(H,18,19). The Morgan fingerprint density at radius 2 is 1.76 bits per heavy atom. The van der Waals surface area contributed by atoms with E-state index in [0.717, 1.165) is 0 Å². The molecule has 0 aliphatic heterocycles. The Bertz CT molecular complexity index is 654. The molecule has 0 unspecified atom stereocenters. The average molecular weight is 354 g/mol. The Morgan fingerprint density at radius 3 is 2.29 bits per heavy atom. The van der Waals surface area contributed by atoms with Gasteiger partial charge >= 0.3 is 0 Å². The second-order valence-corrected chi connectivity index (χ2v) is 4.97. The lowest BCUT2D eigenvalue weighted by atomic mass is 10.1. The molecule has 2 aromatic rings. The van der Waals surface area contributed by atoms with E-state index in [-0.39, 0.29) is 5.56 Å². The molecular formula is C15H13BrFNO3. The van der Waals surface area contributed by atoms with Gasteiger partial charge in [0.15, 0.2) is 0 Å². The molecule has 2 aromatic carbocycles. The SMILES string of the molecule is COc1cccc(OC)c1C(=O)Nc1ccc(Br)c(F)c1. The molecule has 0 atom stereocenters. The van der Waals surface area contributed by atoms with Gasteiger partial charge in [-0.2, -0.15) is 0 Å². The molecule has 0 saturated carbocycles. The van der Waals surface area contributed by atoms with Crippen molar-refractivity contribution in [1.82, 2.24) is 0 Å². The Labute approximate surface area is 130 Å². The summed E-state index contributed by atoms with van der Waals surface area (Å²) in [7, 11) is 2.93. The van der Waals surface area contributed by atoms with E-state index in [1.165, 1.54) is 26.4 Å². The zero-order valence-corrected chi connectivity index (χ0v) is 13.0. The quantitative estimate of drug-likeness (QED) is 0.907. The van der Waals surface area contributed by atoms with Crippen LogP contribution in [0.25, 0.3) is 0 Å². The number of ether oxygens (including phenoxy) is 2. The van der Waals surface area contributed by atoms with Gasteiger partial charge in [0.2, 0.25) is 0 Å². The third-order valence-corrected chi connectivity index (χ3v) is 3.48. The molecule has 0 fully saturated rings. The second-order valence-electron chi connectivity index (χ2n) is 4.12. The number of carbonyl (C=O) groups is 1. The van der Waals surface area contributed by atoms with Crippen molar-refractivity contribution in [2.24, 2.45) is 0 Å². The molecule has 0 aromatic heterocycles. The minimum Gasteiger partial charge on any atom is -0.496 e. The molecule has 1 amide bonds. The van der Waals surface area contributed by atoms with Crippen LogP contribution in [0.4, 0.5) is 10.1 Å². The zero-order chi connectivity index (χ0) is 15.4. The summed E-state index contributed by atoms with van der Waals surface area (Å²) in [5.74, 6) is -0.139. The monoisotopic (exact) mass is 353 g/mol. The van der Waals surface area contributed by atoms with Crippen molar-refractivity contribution in [2.75, 3.05) is 19.5 Å². The van der Waals surface area contributed by atoms with Crippen LogP contribution >= 0.6 is 15.9 Å². The Morgan fingerprint density at radius 1 is 1.14 bits per heavy atom. The third kappa shape index (κ3) is 3.33. The van der Waals surface area contributed by atoms with Crippen molar-refractivity contribution in [3.8, 4) is 11.5 Å². The van der Waals surface area contributed by atoms with Gasteiger partial charge in [0.25, 0.3) is 5.91 Å². The first-order valence-corrected chi connectivity index (χ1v) is 6.83. The number of amides is 1. The number of rotatable bonds is 4. The van der Waals surface area contributed by atoms with E-state index >= 15 is 0 Å². The smallest absolute Gasteiger partial charge is 0.263 e. The van der Waals surface area contributed by atoms with Crippen molar-refractivity contribution in [3.05, 3.63) is 52.3 Å². The number of methoxy groups -OCH3 is 2. The lowest BCUT2D eigenvalue weighted by Gasteiger charge is -2.13. The number of halogens is 2. The summed E-state index contributed by atoms with van der Waals surface area (Å²) in [6, 6.07) is 9.36. The largest absolute Gasteiger partial charge is 0.496 e. The van der Waals surface area contributed by atoms with Crippen LogP contribution in [0.3, 0.4) is 0 Å². The van der Waals surface area contributed by atoms with Crippen molar-refractivity contribution < 1.29 is 18.7 Å². The number of carbonyl (C=O) groups excluding carboxylic acids is 1. The van der Waals surface area contributed by atoms with Crippen LogP contribution in [0, 0.1) is 5.82 Å². The normalized spacial score (nSPS) is 10.1. The van der Waals surface area contributed by atoms with E-state index < -0.39 is 11.7 Å². The molecule has 0 heterocycles. The first-order valence-electron chi connectivity index (χ1n) is 6.04. The topological polar surface area (TPSA) is 47.6 Å². The molecular weight excluding hydrogens is 341 g/mol. The van der Waals surface area contributed by atoms with Crippen LogP contribution in [0.2, 0.25) is 0 Å². The summed E-state index contributed by atoms with van der Waals surface area (Å²) in [5.41, 5.74) is 0.597. The predicted molar refractivity (Wildman–Crippen MR) is 81.6 cm³/mol. The van der Waals surface area contributed by atoms with Gasteiger partial charge in [-0.1, -0.05) is 6.07 Å². The van der Waals surface area contributed by atoms with Gasteiger partial charge in [-0.3, -0.25) is 4.79 Å². The van der Waals surface area contributed by atoms with Crippen molar-refractivity contribution in [1.29, 1.82) is 0 Å². The van der Waals surface area contributed by atoms with Crippen molar-refractivity contribution in [3.63, 3.8) is 0 Å². The highest BCUT2D eigenvalue weighted by atomic mass is 79.9. The molecule has 4 nitrogen and oxygen atoms in total. The van der Waals surface area contributed by atoms with E-state index in [9.17, 15) is 9.18 Å². The molecule has 6 heteroatoms. The summed E-state index contributed by atoms with van der Waals surface area (Å²) in [4.78, 5) is 12.4. The lowest BCUT2D eigenvalue weighted by Crippen LogP contribution is -2.14. The van der Waals surface area contributed by atoms with E-state index in [1.807, 2.05) is 0 Å². The van der Waals surface area contributed by atoms with Crippen LogP contribution < -0.4 is 14.8 Å². The summed E-state index contributed by atoms with van der Waals surface area (Å²) >= 11 is 3.06. The van der Waals surface area contributed by atoms with Gasteiger partial charge in [0, 0.05) is 5.69 Å². The Balaban J connectivity index is 2.34. The molecule has 1 N–H and O–H groups in total. The van der Waals surface area contributed by atoms with Crippen LogP contribution in [-0.4, -0.2) is 20.1 Å². The third-order valence-electron chi connectivity index (χ3n) is 2.83. The fraction of sp³-hybridized carbons (Fsp3) is 0.133. The minimum absolute atomic E-state index is 0.255.